The fraction of sp³-hybridized carbons (Fsp3) is 0.0286. The second-order valence-corrected chi connectivity index (χ2v) is 30.4. The van der Waals surface area contributed by atoms with Gasteiger partial charge >= 0.3 is 0 Å². The highest BCUT2D eigenvalue weighted by atomic mass is 15.2. The zero-order valence-corrected chi connectivity index (χ0v) is 61.9. The molecule has 0 amide bonds. The van der Waals surface area contributed by atoms with E-state index in [0.29, 0.717) is 11.9 Å². The topological polar surface area (TPSA) is 71.3 Å². The first-order valence-corrected chi connectivity index (χ1v) is 38.8. The second kappa shape index (κ2) is 25.1. The number of hydrogen-bond acceptors (Lipinski definition) is 4. The molecule has 1 aliphatic rings. The van der Waals surface area contributed by atoms with Crippen LogP contribution in [-0.4, -0.2) is 38.2 Å². The molecule has 17 aromatic carbocycles. The zero-order valence-electron chi connectivity index (χ0n) is 61.9. The van der Waals surface area contributed by atoms with Gasteiger partial charge in [-0.2, -0.15) is 0 Å². The minimum atomic E-state index is -0.0778. The third kappa shape index (κ3) is 9.96. The maximum Gasteiger partial charge on any atom is 0.235 e. The van der Waals surface area contributed by atoms with Crippen molar-refractivity contribution < 1.29 is 0 Å². The van der Waals surface area contributed by atoms with Crippen LogP contribution in [0.5, 0.6) is 0 Å². The molecule has 0 unspecified atom stereocenters. The van der Waals surface area contributed by atoms with Crippen molar-refractivity contribution in [2.24, 2.45) is 0 Å². The predicted molar refractivity (Wildman–Crippen MR) is 471 cm³/mol. The average molecular weight is 1440 g/mol. The molecule has 0 aliphatic heterocycles. The summed E-state index contributed by atoms with van der Waals surface area (Å²) in [5.41, 5.74) is 27.3. The molecular formula is C105H68N8. The zero-order chi connectivity index (χ0) is 74.6. The lowest BCUT2D eigenvalue weighted by atomic mass is 9.82. The summed E-state index contributed by atoms with van der Waals surface area (Å²) in [5.74, 6) is 1.32. The Labute approximate surface area is 650 Å². The number of nitrogens with zero attached hydrogens (tertiary/aromatic N) is 8. The van der Waals surface area contributed by atoms with E-state index in [1.54, 1.807) is 0 Å². The number of hydrogen-bond donors (Lipinski definition) is 0. The predicted octanol–water partition coefficient (Wildman–Crippen LogP) is 26.9. The molecule has 0 fully saturated rings. The van der Waals surface area contributed by atoms with Gasteiger partial charge in [-0.15, -0.1) is 0 Å². The van der Waals surface area contributed by atoms with E-state index in [0.717, 1.165) is 77.6 Å². The maximum absolute atomic E-state index is 5.35. The quantitative estimate of drug-likeness (QED) is 0.152. The summed E-state index contributed by atoms with van der Waals surface area (Å²) in [6.07, 6.45) is 0. The van der Waals surface area contributed by atoms with Crippen molar-refractivity contribution in [3.05, 3.63) is 387 Å². The van der Waals surface area contributed by atoms with Crippen LogP contribution in [0.4, 0.5) is 0 Å². The molecule has 528 valence electrons. The van der Waals surface area contributed by atoms with Crippen molar-refractivity contribution in [1.29, 1.82) is 0 Å². The molecule has 0 bridgehead atoms. The second-order valence-electron chi connectivity index (χ2n) is 30.4. The minimum absolute atomic E-state index is 0.0778. The van der Waals surface area contributed by atoms with Crippen LogP contribution in [-0.2, 0) is 5.41 Å². The Morgan fingerprint density at radius 3 is 1.16 bits per heavy atom. The van der Waals surface area contributed by atoms with Gasteiger partial charge in [-0.1, -0.05) is 287 Å². The third-order valence-corrected chi connectivity index (χ3v) is 23.8. The smallest absolute Gasteiger partial charge is 0.235 e. The number of aromatic nitrogens is 8. The molecule has 8 heteroatoms. The summed E-state index contributed by atoms with van der Waals surface area (Å²) in [4.78, 5) is 21.1. The normalized spacial score (nSPS) is 12.6. The minimum Gasteiger partial charge on any atom is -0.309 e. The summed E-state index contributed by atoms with van der Waals surface area (Å²) >= 11 is 0. The van der Waals surface area contributed by atoms with Gasteiger partial charge in [0, 0.05) is 81.8 Å². The summed E-state index contributed by atoms with van der Waals surface area (Å²) in [6, 6.07) is 135. The van der Waals surface area contributed by atoms with E-state index < -0.39 is 0 Å². The molecule has 23 aromatic rings. The molecule has 8 nitrogen and oxygen atoms in total. The lowest BCUT2D eigenvalue weighted by Crippen LogP contribution is -2.15. The van der Waals surface area contributed by atoms with Crippen LogP contribution >= 0.6 is 0 Å². The van der Waals surface area contributed by atoms with Crippen LogP contribution in [0.1, 0.15) is 25.0 Å². The summed E-state index contributed by atoms with van der Waals surface area (Å²) in [6.45, 7) is 4.71. The van der Waals surface area contributed by atoms with Crippen LogP contribution in [0.3, 0.4) is 0 Å². The molecule has 6 heterocycles. The van der Waals surface area contributed by atoms with E-state index in [1.807, 2.05) is 18.2 Å². The van der Waals surface area contributed by atoms with Gasteiger partial charge in [-0.25, -0.2) is 19.9 Å². The van der Waals surface area contributed by atoms with E-state index in [1.165, 1.54) is 131 Å². The number of rotatable bonds is 8. The Morgan fingerprint density at radius 2 is 0.602 bits per heavy atom. The molecule has 1 aliphatic carbocycles. The first kappa shape index (κ1) is 64.2. The summed E-state index contributed by atoms with van der Waals surface area (Å²) in [5, 5.41) is 16.6. The molecule has 0 saturated carbocycles. The summed E-state index contributed by atoms with van der Waals surface area (Å²) in [7, 11) is 0. The molecule has 24 rings (SSSR count). The van der Waals surface area contributed by atoms with Gasteiger partial charge in [-0.3, -0.25) is 9.13 Å². The first-order chi connectivity index (χ1) is 55.8. The molecule has 0 radical (unpaired) electrons. The van der Waals surface area contributed by atoms with Gasteiger partial charge in [0.2, 0.25) is 11.9 Å². The Balaban J connectivity index is 0.000000136. The van der Waals surface area contributed by atoms with Crippen molar-refractivity contribution >= 4 is 131 Å². The molecular weight excluding hydrogens is 1370 g/mol. The van der Waals surface area contributed by atoms with E-state index >= 15 is 0 Å². The van der Waals surface area contributed by atoms with E-state index in [9.17, 15) is 0 Å². The lowest BCUT2D eigenvalue weighted by molar-refractivity contribution is 0.660. The monoisotopic (exact) mass is 1440 g/mol. The fourth-order valence-corrected chi connectivity index (χ4v) is 18.6. The molecule has 0 saturated heterocycles. The van der Waals surface area contributed by atoms with Crippen LogP contribution in [0.25, 0.3) is 210 Å². The molecule has 0 spiro atoms. The van der Waals surface area contributed by atoms with Gasteiger partial charge in [0.05, 0.1) is 66.6 Å². The summed E-state index contributed by atoms with van der Waals surface area (Å²) < 4.78 is 9.33. The van der Waals surface area contributed by atoms with Crippen LogP contribution in [0.15, 0.2) is 376 Å². The van der Waals surface area contributed by atoms with Crippen molar-refractivity contribution in [2.75, 3.05) is 0 Å². The average Bonchev–Trinajstić information content (AvgIpc) is 1.57. The fourth-order valence-electron chi connectivity index (χ4n) is 18.6. The van der Waals surface area contributed by atoms with Gasteiger partial charge in [0.25, 0.3) is 0 Å². The van der Waals surface area contributed by atoms with Crippen LogP contribution in [0.2, 0.25) is 0 Å². The Hall–Kier alpha value is -14.9. The van der Waals surface area contributed by atoms with Gasteiger partial charge < -0.3 is 9.13 Å². The number of benzene rings is 17. The lowest BCUT2D eigenvalue weighted by Gasteiger charge is -2.22. The molecule has 113 heavy (non-hydrogen) atoms. The van der Waals surface area contributed by atoms with Crippen LogP contribution in [0, 0.1) is 0 Å². The third-order valence-electron chi connectivity index (χ3n) is 23.8. The van der Waals surface area contributed by atoms with Gasteiger partial charge in [0.1, 0.15) is 0 Å². The SMILES string of the molecule is CC1(C)c2ccccc2-c2ccc(-n3c4ccccc4c4cc(-c5ccc6c(c5)c5c7ccccc7ccc5n6-c5nc(-c6ccccc6)c6ccccc6n5)ccc43)cc21.c1ccc(-c2nc(-n3c4ccc(-c5ccc6c7ccccc7n(-c7ccccc7)c6c5)cc4c4c5ccccc5ccc43)nc3ccccc23)cc1. The molecule has 0 atom stereocenters. The van der Waals surface area contributed by atoms with Gasteiger partial charge in [-0.05, 0) is 169 Å². The van der Waals surface area contributed by atoms with E-state index in [-0.39, 0.29) is 5.41 Å². The molecule has 0 N–H and O–H groups in total. The van der Waals surface area contributed by atoms with Crippen molar-refractivity contribution in [2.45, 2.75) is 19.3 Å². The highest BCUT2D eigenvalue weighted by molar-refractivity contribution is 6.24. The Morgan fingerprint density at radius 1 is 0.212 bits per heavy atom. The molecule has 6 aromatic heterocycles. The van der Waals surface area contributed by atoms with Crippen molar-refractivity contribution in [1.82, 2.24) is 38.2 Å². The highest BCUT2D eigenvalue weighted by Crippen LogP contribution is 2.51. The number of fused-ring (bicyclic) bond motifs is 21. The van der Waals surface area contributed by atoms with E-state index in [4.69, 9.17) is 19.9 Å². The Bertz CT molecular complexity index is 7900. The Kier molecular flexibility index (Phi) is 14.3. The standard InChI is InChI=1S/C57H38N4.C48H30N4/c1-57(2)47-21-11-8-18-41(47)42-28-27-39(34-48(42)57)60-50-23-13-10-19-43(50)45-32-37(25-29-51(45)60)38-26-30-52-46(33-38)54-40-17-7-6-14-35(40)24-31-53(54)61(52)56-58-49-22-12-9-20-44(49)55(59-56)36-15-4-3-5-16-36;1-3-14-32(15-4-1)47-39-20-9-11-21-41(39)49-48(50-47)52-43-27-25-33(29-40(43)46-36-18-8-7-13-31(36)24-28-44(46)52)34-23-26-38-37-19-10-12-22-42(37)51(45(38)30-34)35-16-5-2-6-17-35/h3-34H,1-2H3;1-30H. The largest absolute Gasteiger partial charge is 0.309 e. The first-order valence-electron chi connectivity index (χ1n) is 38.8. The maximum atomic E-state index is 5.35. The van der Waals surface area contributed by atoms with Crippen molar-refractivity contribution in [3.8, 4) is 79.2 Å². The van der Waals surface area contributed by atoms with Crippen molar-refractivity contribution in [3.63, 3.8) is 0 Å². The number of para-hydroxylation sites is 5. The highest BCUT2D eigenvalue weighted by Gasteiger charge is 2.36. The van der Waals surface area contributed by atoms with Crippen LogP contribution < -0.4 is 0 Å². The van der Waals surface area contributed by atoms with Gasteiger partial charge in [0.15, 0.2) is 0 Å². The van der Waals surface area contributed by atoms with E-state index in [2.05, 4.69) is 390 Å².